The van der Waals surface area contributed by atoms with Crippen molar-refractivity contribution >= 4 is 45.0 Å². The second-order valence-corrected chi connectivity index (χ2v) is 6.63. The molecule has 4 rings (SSSR count). The third kappa shape index (κ3) is 3.47. The van der Waals surface area contributed by atoms with Crippen LogP contribution < -0.4 is 11.1 Å². The van der Waals surface area contributed by atoms with Crippen molar-refractivity contribution in [2.24, 2.45) is 0 Å². The van der Waals surface area contributed by atoms with Crippen LogP contribution in [0.5, 0.6) is 0 Å². The largest absolute Gasteiger partial charge is 0.383 e. The summed E-state index contributed by atoms with van der Waals surface area (Å²) in [5, 5.41) is 12.0. The number of nitrogens with zero attached hydrogens (tertiary/aromatic N) is 3. The van der Waals surface area contributed by atoms with E-state index in [1.807, 2.05) is 49.4 Å². The van der Waals surface area contributed by atoms with Crippen molar-refractivity contribution in [3.05, 3.63) is 60.4 Å². The van der Waals surface area contributed by atoms with Crippen LogP contribution in [0.4, 0.5) is 11.5 Å². The van der Waals surface area contributed by atoms with Gasteiger partial charge in [0.2, 0.25) is 0 Å². The Balaban J connectivity index is 1.56. The summed E-state index contributed by atoms with van der Waals surface area (Å²) in [6, 6.07) is 13.9. The Kier molecular flexibility index (Phi) is 4.82. The standard InChI is InChI=1S/C21H20N6O2/c1-2-27(12-14-8-5-7-13-6-3-4-9-15(13)14)21(29)20(28)25-17-11-23-19(22)16-10-24-26-18(16)17/h3-11H,2,12H2,1H3,(H2,22,23)(H,24,26)(H,25,28). The molecule has 0 radical (unpaired) electrons. The summed E-state index contributed by atoms with van der Waals surface area (Å²) in [7, 11) is 0. The molecule has 0 aliphatic carbocycles. The maximum Gasteiger partial charge on any atom is 0.314 e. The summed E-state index contributed by atoms with van der Waals surface area (Å²) in [4.78, 5) is 31.0. The lowest BCUT2D eigenvalue weighted by molar-refractivity contribution is -0.143. The molecule has 4 N–H and O–H groups in total. The Morgan fingerprint density at radius 1 is 1.10 bits per heavy atom. The molecule has 0 aliphatic rings. The smallest absolute Gasteiger partial charge is 0.314 e. The monoisotopic (exact) mass is 388 g/mol. The molecule has 0 atom stereocenters. The molecule has 0 bridgehead atoms. The Labute approximate surface area is 166 Å². The fraction of sp³-hybridized carbons (Fsp3) is 0.143. The predicted molar refractivity (Wildman–Crippen MR) is 112 cm³/mol. The van der Waals surface area contributed by atoms with Crippen LogP contribution in [0.2, 0.25) is 0 Å². The minimum atomic E-state index is -0.741. The highest BCUT2D eigenvalue weighted by atomic mass is 16.2. The third-order valence-electron chi connectivity index (χ3n) is 4.87. The third-order valence-corrected chi connectivity index (χ3v) is 4.87. The Bertz CT molecular complexity index is 1210. The van der Waals surface area contributed by atoms with Crippen molar-refractivity contribution in [3.63, 3.8) is 0 Å². The van der Waals surface area contributed by atoms with E-state index in [1.165, 1.54) is 17.3 Å². The van der Waals surface area contributed by atoms with E-state index >= 15 is 0 Å². The number of hydrogen-bond donors (Lipinski definition) is 3. The Morgan fingerprint density at radius 3 is 2.72 bits per heavy atom. The van der Waals surface area contributed by atoms with Gasteiger partial charge in [0.15, 0.2) is 0 Å². The molecule has 8 heteroatoms. The molecule has 2 aromatic carbocycles. The number of H-pyrrole nitrogens is 1. The zero-order valence-corrected chi connectivity index (χ0v) is 15.8. The summed E-state index contributed by atoms with van der Waals surface area (Å²) in [6.07, 6.45) is 2.93. The number of pyridine rings is 1. The van der Waals surface area contributed by atoms with Gasteiger partial charge < -0.3 is 16.0 Å². The fourth-order valence-electron chi connectivity index (χ4n) is 3.33. The summed E-state index contributed by atoms with van der Waals surface area (Å²) in [6.45, 7) is 2.58. The van der Waals surface area contributed by atoms with Crippen LogP contribution in [0.25, 0.3) is 21.7 Å². The van der Waals surface area contributed by atoms with Crippen LogP contribution in [0.3, 0.4) is 0 Å². The number of aromatic amines is 1. The molecule has 2 aromatic heterocycles. The van der Waals surface area contributed by atoms with Gasteiger partial charge in [-0.2, -0.15) is 5.10 Å². The lowest BCUT2D eigenvalue weighted by atomic mass is 10.0. The molecule has 0 saturated carbocycles. The number of nitrogen functional groups attached to an aromatic ring is 1. The van der Waals surface area contributed by atoms with Crippen LogP contribution >= 0.6 is 0 Å². The first-order valence-electron chi connectivity index (χ1n) is 9.23. The second kappa shape index (κ2) is 7.59. The summed E-state index contributed by atoms with van der Waals surface area (Å²) in [5.74, 6) is -1.07. The predicted octanol–water partition coefficient (Wildman–Crippen LogP) is 2.68. The Hall–Kier alpha value is -3.94. The van der Waals surface area contributed by atoms with Crippen molar-refractivity contribution in [1.29, 1.82) is 0 Å². The molecule has 0 saturated heterocycles. The minimum absolute atomic E-state index is 0.296. The number of nitrogens with one attached hydrogen (secondary N) is 2. The van der Waals surface area contributed by atoms with Crippen LogP contribution in [-0.2, 0) is 16.1 Å². The first kappa shape index (κ1) is 18.4. The molecule has 0 unspecified atom stereocenters. The van der Waals surface area contributed by atoms with Gasteiger partial charge >= 0.3 is 11.8 Å². The fourth-order valence-corrected chi connectivity index (χ4v) is 3.33. The number of rotatable bonds is 4. The summed E-state index contributed by atoms with van der Waals surface area (Å²) in [5.41, 5.74) is 7.66. The lowest BCUT2D eigenvalue weighted by Crippen LogP contribution is -2.39. The second-order valence-electron chi connectivity index (χ2n) is 6.63. The number of carbonyl (C=O) groups excluding carboxylic acids is 2. The van der Waals surface area contributed by atoms with Gasteiger partial charge in [-0.3, -0.25) is 14.7 Å². The molecule has 29 heavy (non-hydrogen) atoms. The van der Waals surface area contributed by atoms with Crippen LogP contribution in [0, 0.1) is 0 Å². The highest BCUT2D eigenvalue weighted by Gasteiger charge is 2.23. The average molecular weight is 388 g/mol. The molecule has 2 amide bonds. The van der Waals surface area contributed by atoms with Gasteiger partial charge in [-0.05, 0) is 23.3 Å². The molecule has 146 valence electrons. The molecule has 0 spiro atoms. The van der Waals surface area contributed by atoms with Crippen molar-refractivity contribution in [2.45, 2.75) is 13.5 Å². The first-order chi connectivity index (χ1) is 14.1. The van der Waals surface area contributed by atoms with Gasteiger partial charge in [-0.25, -0.2) is 4.98 Å². The number of amides is 2. The quantitative estimate of drug-likeness (QED) is 0.465. The first-order valence-corrected chi connectivity index (χ1v) is 9.23. The molecule has 2 heterocycles. The van der Waals surface area contributed by atoms with Crippen LogP contribution in [0.1, 0.15) is 12.5 Å². The number of fused-ring (bicyclic) bond motifs is 2. The molecule has 0 fully saturated rings. The summed E-state index contributed by atoms with van der Waals surface area (Å²) >= 11 is 0. The maximum atomic E-state index is 12.8. The number of benzene rings is 2. The highest BCUT2D eigenvalue weighted by molar-refractivity contribution is 6.40. The van der Waals surface area contributed by atoms with E-state index in [4.69, 9.17) is 5.73 Å². The van der Waals surface area contributed by atoms with E-state index in [0.29, 0.717) is 35.5 Å². The van der Waals surface area contributed by atoms with Crippen LogP contribution in [-0.4, -0.2) is 38.4 Å². The van der Waals surface area contributed by atoms with Gasteiger partial charge in [0.1, 0.15) is 5.82 Å². The van der Waals surface area contributed by atoms with E-state index in [2.05, 4.69) is 20.5 Å². The zero-order valence-electron chi connectivity index (χ0n) is 15.8. The van der Waals surface area contributed by atoms with E-state index in [9.17, 15) is 9.59 Å². The number of hydrogen-bond acceptors (Lipinski definition) is 5. The van der Waals surface area contributed by atoms with Crippen molar-refractivity contribution in [1.82, 2.24) is 20.1 Å². The van der Waals surface area contributed by atoms with E-state index < -0.39 is 11.8 Å². The lowest BCUT2D eigenvalue weighted by Gasteiger charge is -2.21. The minimum Gasteiger partial charge on any atom is -0.383 e. The maximum absolute atomic E-state index is 12.8. The highest BCUT2D eigenvalue weighted by Crippen LogP contribution is 2.24. The number of carbonyl (C=O) groups is 2. The van der Waals surface area contributed by atoms with Gasteiger partial charge in [-0.1, -0.05) is 42.5 Å². The SMILES string of the molecule is CCN(Cc1cccc2ccccc12)C(=O)C(=O)Nc1cnc(N)c2cn[nH]c12. The average Bonchev–Trinajstić information content (AvgIpc) is 3.24. The molecule has 0 aliphatic heterocycles. The molecule has 8 nitrogen and oxygen atoms in total. The topological polar surface area (TPSA) is 117 Å². The van der Waals surface area contributed by atoms with Crippen molar-refractivity contribution in [2.75, 3.05) is 17.6 Å². The summed E-state index contributed by atoms with van der Waals surface area (Å²) < 4.78 is 0. The Morgan fingerprint density at radius 2 is 1.90 bits per heavy atom. The van der Waals surface area contributed by atoms with E-state index in [0.717, 1.165) is 16.3 Å². The number of aromatic nitrogens is 3. The molecule has 4 aromatic rings. The number of nitrogens with two attached hydrogens (primary N) is 1. The number of likely N-dealkylation sites (N-methyl/N-ethyl adjacent to an activating group) is 1. The van der Waals surface area contributed by atoms with Gasteiger partial charge in [0, 0.05) is 13.1 Å². The van der Waals surface area contributed by atoms with Crippen molar-refractivity contribution < 1.29 is 9.59 Å². The van der Waals surface area contributed by atoms with Crippen molar-refractivity contribution in [3.8, 4) is 0 Å². The van der Waals surface area contributed by atoms with Gasteiger partial charge in [0.05, 0.1) is 29.0 Å². The molecular weight excluding hydrogens is 368 g/mol. The van der Waals surface area contributed by atoms with Gasteiger partial charge in [0.25, 0.3) is 0 Å². The zero-order chi connectivity index (χ0) is 20.4. The normalized spacial score (nSPS) is 10.9. The van der Waals surface area contributed by atoms with Gasteiger partial charge in [-0.15, -0.1) is 0 Å². The van der Waals surface area contributed by atoms with E-state index in [1.54, 1.807) is 0 Å². The number of anilines is 2. The van der Waals surface area contributed by atoms with Crippen LogP contribution in [0.15, 0.2) is 54.9 Å². The molecular formula is C21H20N6O2. The van der Waals surface area contributed by atoms with E-state index in [-0.39, 0.29) is 0 Å².